The molecule has 2 aromatic rings. The van der Waals surface area contributed by atoms with Crippen molar-refractivity contribution in [1.82, 2.24) is 4.31 Å². The molecule has 0 fully saturated rings. The minimum Gasteiger partial charge on any atom is -0.422 e. The average molecular weight is 398 g/mol. The van der Waals surface area contributed by atoms with Gasteiger partial charge < -0.3 is 4.74 Å². The Balaban J connectivity index is 2.30. The Morgan fingerprint density at radius 2 is 1.83 bits per heavy atom. The van der Waals surface area contributed by atoms with Crippen LogP contribution in [0.5, 0.6) is 5.75 Å². The molecule has 122 valence electrons. The maximum Gasteiger partial charge on any atom is 0.343 e. The molecular weight excluding hydrogens is 382 g/mol. The first-order chi connectivity index (χ1) is 10.7. The van der Waals surface area contributed by atoms with Crippen molar-refractivity contribution in [3.8, 4) is 5.75 Å². The van der Waals surface area contributed by atoms with E-state index in [9.17, 15) is 13.2 Å². The minimum atomic E-state index is -3.60. The van der Waals surface area contributed by atoms with E-state index in [1.54, 1.807) is 6.07 Å². The number of esters is 1. The van der Waals surface area contributed by atoms with Crippen molar-refractivity contribution in [3.05, 3.63) is 58.1 Å². The molecule has 0 saturated heterocycles. The van der Waals surface area contributed by atoms with E-state index in [2.05, 4.69) is 15.9 Å². The van der Waals surface area contributed by atoms with Gasteiger partial charge in [-0.1, -0.05) is 12.1 Å². The van der Waals surface area contributed by atoms with Crippen molar-refractivity contribution in [2.24, 2.45) is 0 Å². The first-order valence-electron chi connectivity index (χ1n) is 6.73. The van der Waals surface area contributed by atoms with Gasteiger partial charge in [-0.3, -0.25) is 0 Å². The molecule has 7 heteroatoms. The summed E-state index contributed by atoms with van der Waals surface area (Å²) in [4.78, 5) is 12.3. The molecule has 2 aromatic carbocycles. The molecule has 2 rings (SSSR count). The molecule has 0 aliphatic rings. The number of nitrogens with zero attached hydrogens (tertiary/aromatic N) is 1. The smallest absolute Gasteiger partial charge is 0.343 e. The van der Waals surface area contributed by atoms with E-state index in [1.807, 2.05) is 19.1 Å². The van der Waals surface area contributed by atoms with Crippen molar-refractivity contribution in [3.63, 3.8) is 0 Å². The van der Waals surface area contributed by atoms with Crippen molar-refractivity contribution in [2.45, 2.75) is 11.8 Å². The molecule has 0 N–H and O–H groups in total. The highest BCUT2D eigenvalue weighted by Crippen LogP contribution is 2.27. The standard InChI is InChI=1S/C16H16BrNO4S/c1-11-7-8-15(14(17)9-11)22-16(19)12-5-4-6-13(10-12)23(20,21)18(2)3/h4-10H,1-3H3. The number of hydrogen-bond acceptors (Lipinski definition) is 4. The van der Waals surface area contributed by atoms with Crippen LogP contribution in [0.25, 0.3) is 0 Å². The number of carbonyl (C=O) groups is 1. The SMILES string of the molecule is Cc1ccc(OC(=O)c2cccc(S(=O)(=O)N(C)C)c2)c(Br)c1. The van der Waals surface area contributed by atoms with E-state index in [4.69, 9.17) is 4.74 Å². The van der Waals surface area contributed by atoms with Crippen LogP contribution in [0, 0.1) is 6.92 Å². The molecule has 0 heterocycles. The van der Waals surface area contributed by atoms with E-state index >= 15 is 0 Å². The Labute approximate surface area is 144 Å². The van der Waals surface area contributed by atoms with Gasteiger partial charge in [0.15, 0.2) is 0 Å². The van der Waals surface area contributed by atoms with Crippen LogP contribution in [0.1, 0.15) is 15.9 Å². The zero-order valence-corrected chi connectivity index (χ0v) is 15.3. The van der Waals surface area contributed by atoms with Crippen molar-refractivity contribution in [1.29, 1.82) is 0 Å². The van der Waals surface area contributed by atoms with Crippen LogP contribution in [0.4, 0.5) is 0 Å². The number of aryl methyl sites for hydroxylation is 1. The van der Waals surface area contributed by atoms with Crippen molar-refractivity contribution >= 4 is 31.9 Å². The Morgan fingerprint density at radius 3 is 2.43 bits per heavy atom. The lowest BCUT2D eigenvalue weighted by molar-refractivity contribution is 0.0733. The van der Waals surface area contributed by atoms with Gasteiger partial charge in [-0.25, -0.2) is 17.5 Å². The van der Waals surface area contributed by atoms with Crippen LogP contribution < -0.4 is 4.74 Å². The summed E-state index contributed by atoms with van der Waals surface area (Å²) in [7, 11) is -0.735. The summed E-state index contributed by atoms with van der Waals surface area (Å²) in [6, 6.07) is 11.1. The van der Waals surface area contributed by atoms with Crippen LogP contribution in [-0.4, -0.2) is 32.8 Å². The van der Waals surface area contributed by atoms with Gasteiger partial charge in [0.05, 0.1) is 14.9 Å². The second kappa shape index (κ2) is 6.82. The van der Waals surface area contributed by atoms with Gasteiger partial charge in [0.2, 0.25) is 10.0 Å². The van der Waals surface area contributed by atoms with Gasteiger partial charge >= 0.3 is 5.97 Å². The van der Waals surface area contributed by atoms with E-state index in [-0.39, 0.29) is 10.5 Å². The Bertz CT molecular complexity index is 847. The van der Waals surface area contributed by atoms with Crippen molar-refractivity contribution in [2.75, 3.05) is 14.1 Å². The minimum absolute atomic E-state index is 0.0416. The summed E-state index contributed by atoms with van der Waals surface area (Å²) in [5.74, 6) is -0.244. The summed E-state index contributed by atoms with van der Waals surface area (Å²) in [5, 5.41) is 0. The van der Waals surface area contributed by atoms with E-state index in [0.717, 1.165) is 9.87 Å². The summed E-state index contributed by atoms with van der Waals surface area (Å²) in [6.07, 6.45) is 0. The molecule has 0 amide bonds. The normalized spacial score (nSPS) is 11.5. The molecule has 0 radical (unpaired) electrons. The summed E-state index contributed by atoms with van der Waals surface area (Å²) in [5.41, 5.74) is 1.19. The van der Waals surface area contributed by atoms with Crippen LogP contribution >= 0.6 is 15.9 Å². The van der Waals surface area contributed by atoms with Gasteiger partial charge in [-0.05, 0) is 58.7 Å². The molecule has 0 atom stereocenters. The van der Waals surface area contributed by atoms with Gasteiger partial charge in [-0.2, -0.15) is 0 Å². The third-order valence-corrected chi connectivity index (χ3v) is 5.57. The van der Waals surface area contributed by atoms with Crippen LogP contribution in [0.2, 0.25) is 0 Å². The highest BCUT2D eigenvalue weighted by Gasteiger charge is 2.19. The molecular formula is C16H16BrNO4S. The van der Waals surface area contributed by atoms with Gasteiger partial charge in [0, 0.05) is 14.1 Å². The maximum atomic E-state index is 12.2. The molecule has 23 heavy (non-hydrogen) atoms. The Morgan fingerprint density at radius 1 is 1.13 bits per heavy atom. The lowest BCUT2D eigenvalue weighted by Crippen LogP contribution is -2.22. The quantitative estimate of drug-likeness (QED) is 0.586. The van der Waals surface area contributed by atoms with Crippen LogP contribution in [0.15, 0.2) is 51.8 Å². The third-order valence-electron chi connectivity index (χ3n) is 3.14. The molecule has 0 unspecified atom stereocenters. The van der Waals surface area contributed by atoms with Crippen molar-refractivity contribution < 1.29 is 17.9 Å². The van der Waals surface area contributed by atoms with Crippen LogP contribution in [-0.2, 0) is 10.0 Å². The lowest BCUT2D eigenvalue weighted by Gasteiger charge is -2.12. The molecule has 5 nitrogen and oxygen atoms in total. The number of carbonyl (C=O) groups excluding carboxylic acids is 1. The number of rotatable bonds is 4. The highest BCUT2D eigenvalue weighted by molar-refractivity contribution is 9.10. The first-order valence-corrected chi connectivity index (χ1v) is 8.96. The predicted molar refractivity (Wildman–Crippen MR) is 91.2 cm³/mol. The number of halogens is 1. The number of ether oxygens (including phenoxy) is 1. The maximum absolute atomic E-state index is 12.2. The molecule has 0 aliphatic carbocycles. The Hall–Kier alpha value is -1.70. The highest BCUT2D eigenvalue weighted by atomic mass is 79.9. The molecule has 0 spiro atoms. The first kappa shape index (κ1) is 17.7. The van der Waals surface area contributed by atoms with Gasteiger partial charge in [0.1, 0.15) is 5.75 Å². The second-order valence-electron chi connectivity index (χ2n) is 5.14. The monoisotopic (exact) mass is 397 g/mol. The van der Waals surface area contributed by atoms with E-state index in [0.29, 0.717) is 10.2 Å². The second-order valence-corrected chi connectivity index (χ2v) is 8.14. The van der Waals surface area contributed by atoms with Crippen LogP contribution in [0.3, 0.4) is 0 Å². The topological polar surface area (TPSA) is 63.7 Å². The molecule has 0 aliphatic heterocycles. The Kier molecular flexibility index (Phi) is 5.23. The zero-order valence-electron chi connectivity index (χ0n) is 12.9. The predicted octanol–water partition coefficient (Wildman–Crippen LogP) is 3.23. The fourth-order valence-corrected chi connectivity index (χ4v) is 3.36. The molecule has 0 aromatic heterocycles. The number of sulfonamides is 1. The summed E-state index contributed by atoms with van der Waals surface area (Å²) in [6.45, 7) is 1.92. The average Bonchev–Trinajstić information content (AvgIpc) is 2.50. The van der Waals surface area contributed by atoms with E-state index in [1.165, 1.54) is 38.4 Å². The fourth-order valence-electron chi connectivity index (χ4n) is 1.84. The summed E-state index contributed by atoms with van der Waals surface area (Å²) >= 11 is 3.33. The fraction of sp³-hybridized carbons (Fsp3) is 0.188. The van der Waals surface area contributed by atoms with Gasteiger partial charge in [-0.15, -0.1) is 0 Å². The summed E-state index contributed by atoms with van der Waals surface area (Å²) < 4.78 is 31.3. The zero-order chi connectivity index (χ0) is 17.2. The largest absolute Gasteiger partial charge is 0.422 e. The third kappa shape index (κ3) is 3.99. The van der Waals surface area contributed by atoms with Gasteiger partial charge in [0.25, 0.3) is 0 Å². The van der Waals surface area contributed by atoms with E-state index < -0.39 is 16.0 Å². The molecule has 0 saturated carbocycles. The molecule has 0 bridgehead atoms. The lowest BCUT2D eigenvalue weighted by atomic mass is 10.2. The number of hydrogen-bond donors (Lipinski definition) is 0. The number of benzene rings is 2.